The number of hydrogen-bond acceptors (Lipinski definition) is 6. The molecule has 6 N–H and O–H groups in total. The maximum absolute atomic E-state index is 10.6. The maximum Gasteiger partial charge on any atom is 0.336 e. The van der Waals surface area contributed by atoms with Crippen LogP contribution in [0.4, 0.5) is 0 Å². The highest BCUT2D eigenvalue weighted by Crippen LogP contribution is 2.14. The standard InChI is InChI=1S/3C10H22O.C9H6O6/c3*1-10(2)8-6-4-3-5-7-9-11;10-7(11)4-1-2-5(8(12)13)6(3-4)9(14)15/h3*10-11H,3-9H2,1-2H3;1-3H,(H,10,11)(H,12,13)(H,14,15). The van der Waals surface area contributed by atoms with Crippen molar-refractivity contribution in [3.63, 3.8) is 0 Å². The lowest BCUT2D eigenvalue weighted by Crippen LogP contribution is -2.10. The summed E-state index contributed by atoms with van der Waals surface area (Å²) in [5, 5.41) is 51.4. The van der Waals surface area contributed by atoms with Gasteiger partial charge < -0.3 is 30.6 Å². The lowest BCUT2D eigenvalue weighted by atomic mass is 10.0. The largest absolute Gasteiger partial charge is 0.478 e. The summed E-state index contributed by atoms with van der Waals surface area (Å²) in [5.74, 6) is -1.64. The molecule has 0 aliphatic heterocycles. The highest BCUT2D eigenvalue weighted by Gasteiger charge is 2.18. The molecule has 0 saturated carbocycles. The molecular formula is C39H72O9. The first kappa shape index (κ1) is 49.9. The van der Waals surface area contributed by atoms with Crippen LogP contribution in [0.5, 0.6) is 0 Å². The normalized spacial score (nSPS) is 10.5. The SMILES string of the molecule is CC(C)CCCCCCCO.CC(C)CCCCCCCO.CC(C)CCCCCCCO.O=C(O)c1ccc(C(=O)O)c(C(=O)O)c1. The first-order valence-corrected chi connectivity index (χ1v) is 18.4. The minimum Gasteiger partial charge on any atom is -0.478 e. The first-order valence-electron chi connectivity index (χ1n) is 18.4. The third-order valence-electron chi connectivity index (χ3n) is 7.55. The second-order valence-corrected chi connectivity index (χ2v) is 13.7. The van der Waals surface area contributed by atoms with E-state index in [2.05, 4.69) is 41.5 Å². The molecule has 9 heteroatoms. The van der Waals surface area contributed by atoms with E-state index in [1.54, 1.807) is 0 Å². The lowest BCUT2D eigenvalue weighted by molar-refractivity contribution is 0.0649. The summed E-state index contributed by atoms with van der Waals surface area (Å²) in [6.45, 7) is 14.7. The Morgan fingerprint density at radius 3 is 0.979 bits per heavy atom. The van der Waals surface area contributed by atoms with Gasteiger partial charge in [-0.1, -0.05) is 138 Å². The number of carboxylic acid groups (broad SMARTS) is 3. The zero-order valence-electron chi connectivity index (χ0n) is 31.2. The molecule has 0 aliphatic rings. The Balaban J connectivity index is -0.000000569. The Morgan fingerprint density at radius 2 is 0.729 bits per heavy atom. The molecule has 1 rings (SSSR count). The van der Waals surface area contributed by atoms with E-state index in [-0.39, 0.29) is 5.56 Å². The van der Waals surface area contributed by atoms with Crippen molar-refractivity contribution in [1.29, 1.82) is 0 Å². The van der Waals surface area contributed by atoms with E-state index < -0.39 is 29.0 Å². The molecular weight excluding hydrogens is 612 g/mol. The molecule has 0 amide bonds. The average molecular weight is 685 g/mol. The van der Waals surface area contributed by atoms with E-state index in [1.165, 1.54) is 96.3 Å². The van der Waals surface area contributed by atoms with Gasteiger partial charge in [0.2, 0.25) is 0 Å². The van der Waals surface area contributed by atoms with Gasteiger partial charge in [0.25, 0.3) is 0 Å². The number of rotatable bonds is 24. The van der Waals surface area contributed by atoms with E-state index in [4.69, 9.17) is 30.6 Å². The quantitative estimate of drug-likeness (QED) is 0.0580. The summed E-state index contributed by atoms with van der Waals surface area (Å²) in [6.07, 6.45) is 22.7. The monoisotopic (exact) mass is 685 g/mol. The van der Waals surface area contributed by atoms with E-state index in [9.17, 15) is 14.4 Å². The van der Waals surface area contributed by atoms with Gasteiger partial charge in [0.1, 0.15) is 0 Å². The fourth-order valence-corrected chi connectivity index (χ4v) is 4.62. The molecule has 0 unspecified atom stereocenters. The zero-order valence-corrected chi connectivity index (χ0v) is 31.2. The molecule has 282 valence electrons. The van der Waals surface area contributed by atoms with Crippen LogP contribution in [0.2, 0.25) is 0 Å². The van der Waals surface area contributed by atoms with Crippen molar-refractivity contribution in [3.8, 4) is 0 Å². The van der Waals surface area contributed by atoms with Gasteiger partial charge in [-0.2, -0.15) is 0 Å². The van der Waals surface area contributed by atoms with Gasteiger partial charge in [0, 0.05) is 19.8 Å². The minimum atomic E-state index is -1.48. The van der Waals surface area contributed by atoms with Crippen LogP contribution in [0, 0.1) is 17.8 Å². The van der Waals surface area contributed by atoms with Crippen molar-refractivity contribution in [2.45, 2.75) is 157 Å². The van der Waals surface area contributed by atoms with Crippen LogP contribution in [-0.4, -0.2) is 68.4 Å². The number of carbonyl (C=O) groups is 3. The van der Waals surface area contributed by atoms with Gasteiger partial charge in [-0.15, -0.1) is 0 Å². The summed E-state index contributed by atoms with van der Waals surface area (Å²) >= 11 is 0. The van der Waals surface area contributed by atoms with Crippen molar-refractivity contribution in [3.05, 3.63) is 34.9 Å². The van der Waals surface area contributed by atoms with Crippen LogP contribution in [0.15, 0.2) is 18.2 Å². The predicted molar refractivity (Wildman–Crippen MR) is 196 cm³/mol. The van der Waals surface area contributed by atoms with Crippen LogP contribution in [0.1, 0.15) is 188 Å². The van der Waals surface area contributed by atoms with Gasteiger partial charge >= 0.3 is 17.9 Å². The second-order valence-electron chi connectivity index (χ2n) is 13.7. The van der Waals surface area contributed by atoms with Gasteiger partial charge in [-0.3, -0.25) is 0 Å². The molecule has 48 heavy (non-hydrogen) atoms. The number of aliphatic hydroxyl groups excluding tert-OH is 3. The number of aromatic carboxylic acids is 3. The van der Waals surface area contributed by atoms with Crippen LogP contribution >= 0.6 is 0 Å². The van der Waals surface area contributed by atoms with Crippen molar-refractivity contribution in [2.75, 3.05) is 19.8 Å². The number of unbranched alkanes of at least 4 members (excludes halogenated alkanes) is 12. The molecule has 1 aromatic carbocycles. The molecule has 1 aromatic rings. The van der Waals surface area contributed by atoms with Gasteiger partial charge in [0.15, 0.2) is 0 Å². The molecule has 0 fully saturated rings. The Morgan fingerprint density at radius 1 is 0.438 bits per heavy atom. The molecule has 0 aromatic heterocycles. The summed E-state index contributed by atoms with van der Waals surface area (Å²) in [5.41, 5.74) is -1.24. The summed E-state index contributed by atoms with van der Waals surface area (Å²) in [4.78, 5) is 31.8. The molecule has 9 nitrogen and oxygen atoms in total. The van der Waals surface area contributed by atoms with Crippen LogP contribution < -0.4 is 0 Å². The van der Waals surface area contributed by atoms with Gasteiger partial charge in [-0.25, -0.2) is 14.4 Å². The van der Waals surface area contributed by atoms with Crippen LogP contribution in [0.25, 0.3) is 0 Å². The third-order valence-corrected chi connectivity index (χ3v) is 7.55. The summed E-state index contributed by atoms with van der Waals surface area (Å²) < 4.78 is 0. The molecule has 0 atom stereocenters. The average Bonchev–Trinajstić information content (AvgIpc) is 3.02. The molecule has 0 aliphatic carbocycles. The zero-order chi connectivity index (χ0) is 37.2. The number of aliphatic hydroxyl groups is 3. The van der Waals surface area contributed by atoms with Crippen molar-refractivity contribution >= 4 is 17.9 Å². The van der Waals surface area contributed by atoms with Crippen LogP contribution in [0.3, 0.4) is 0 Å². The molecule has 0 heterocycles. The van der Waals surface area contributed by atoms with E-state index in [1.807, 2.05) is 0 Å². The van der Waals surface area contributed by atoms with E-state index in [0.29, 0.717) is 19.8 Å². The Hall–Kier alpha value is -2.49. The minimum absolute atomic E-state index is 0.266. The lowest BCUT2D eigenvalue weighted by Gasteiger charge is -2.03. The fourth-order valence-electron chi connectivity index (χ4n) is 4.62. The Bertz CT molecular complexity index is 850. The predicted octanol–water partition coefficient (Wildman–Crippen LogP) is 9.71. The van der Waals surface area contributed by atoms with Crippen molar-refractivity contribution in [2.24, 2.45) is 17.8 Å². The fraction of sp³-hybridized carbons (Fsp3) is 0.769. The van der Waals surface area contributed by atoms with Crippen LogP contribution in [-0.2, 0) is 0 Å². The number of hydrogen-bond donors (Lipinski definition) is 6. The van der Waals surface area contributed by atoms with Gasteiger partial charge in [0.05, 0.1) is 16.7 Å². The first-order chi connectivity index (χ1) is 22.7. The Labute approximate surface area is 292 Å². The topological polar surface area (TPSA) is 173 Å². The smallest absolute Gasteiger partial charge is 0.336 e. The summed E-state index contributed by atoms with van der Waals surface area (Å²) in [6, 6.07) is 2.81. The number of carboxylic acids is 3. The molecule has 0 saturated heterocycles. The Kier molecular flexibility index (Phi) is 37.2. The number of benzene rings is 1. The van der Waals surface area contributed by atoms with Crippen molar-refractivity contribution in [1.82, 2.24) is 0 Å². The van der Waals surface area contributed by atoms with E-state index >= 15 is 0 Å². The second kappa shape index (κ2) is 35.8. The molecule has 0 bridgehead atoms. The highest BCUT2D eigenvalue weighted by molar-refractivity contribution is 6.03. The summed E-state index contributed by atoms with van der Waals surface area (Å²) in [7, 11) is 0. The van der Waals surface area contributed by atoms with Gasteiger partial charge in [-0.05, 0) is 55.2 Å². The molecule has 0 radical (unpaired) electrons. The highest BCUT2D eigenvalue weighted by atomic mass is 16.4. The third kappa shape index (κ3) is 36.3. The molecule has 0 spiro atoms. The van der Waals surface area contributed by atoms with Crippen molar-refractivity contribution < 1.29 is 45.0 Å². The maximum atomic E-state index is 10.6. The van der Waals surface area contributed by atoms with E-state index in [0.717, 1.165) is 55.2 Å².